The minimum absolute atomic E-state index is 0.0109. The average molecular weight is 461 g/mol. The number of benzene rings is 2. The van der Waals surface area contributed by atoms with Crippen LogP contribution in [0, 0.1) is 0 Å². The summed E-state index contributed by atoms with van der Waals surface area (Å²) in [7, 11) is 2.15. The Labute approximate surface area is 181 Å². The molecule has 0 bridgehead atoms. The topological polar surface area (TPSA) is 50.8 Å². The van der Waals surface area contributed by atoms with Gasteiger partial charge in [-0.05, 0) is 55.3 Å². The van der Waals surface area contributed by atoms with Crippen LogP contribution >= 0.6 is 15.9 Å². The Morgan fingerprint density at radius 2 is 1.93 bits per heavy atom. The fraction of sp³-hybridized carbons (Fsp3) is 0.435. The van der Waals surface area contributed by atoms with Crippen molar-refractivity contribution in [3.05, 3.63) is 64.1 Å². The first-order chi connectivity index (χ1) is 14.1. The van der Waals surface area contributed by atoms with Crippen molar-refractivity contribution in [3.8, 4) is 5.75 Å². The highest BCUT2D eigenvalue weighted by Gasteiger charge is 2.17. The van der Waals surface area contributed by atoms with E-state index in [-0.39, 0.29) is 5.91 Å². The maximum absolute atomic E-state index is 12.2. The molecule has 1 amide bonds. The number of amides is 1. The Bertz CT molecular complexity index is 776. The lowest BCUT2D eigenvalue weighted by Crippen LogP contribution is -2.38. The first-order valence-corrected chi connectivity index (χ1v) is 10.9. The molecule has 0 radical (unpaired) electrons. The van der Waals surface area contributed by atoms with Gasteiger partial charge in [-0.1, -0.05) is 40.2 Å². The molecule has 1 N–H and O–H groups in total. The van der Waals surface area contributed by atoms with Crippen molar-refractivity contribution in [2.24, 2.45) is 0 Å². The summed E-state index contributed by atoms with van der Waals surface area (Å²) in [5.41, 5.74) is 2.03. The number of nitrogens with zero attached hydrogens (tertiary/aromatic N) is 1. The summed E-state index contributed by atoms with van der Waals surface area (Å²) < 4.78 is 12.4. The summed E-state index contributed by atoms with van der Waals surface area (Å²) in [5.74, 6) is 0.849. The maximum atomic E-state index is 12.2. The van der Waals surface area contributed by atoms with Crippen LogP contribution in [0.5, 0.6) is 5.75 Å². The molecule has 1 fully saturated rings. The maximum Gasteiger partial charge on any atom is 0.224 e. The van der Waals surface area contributed by atoms with Gasteiger partial charge in [0.1, 0.15) is 12.4 Å². The number of hydrogen-bond acceptors (Lipinski definition) is 4. The molecule has 6 heteroatoms. The van der Waals surface area contributed by atoms with Gasteiger partial charge in [0.15, 0.2) is 0 Å². The molecule has 3 rings (SSSR count). The third kappa shape index (κ3) is 7.46. The minimum Gasteiger partial charge on any atom is -0.492 e. The standard InChI is InChI=1S/C23H29BrN2O3/c1-26(21-9-12-28-13-10-21)11-14-29-22-4-2-3-19(15-22)17-25-23(27)16-18-5-7-20(24)8-6-18/h2-8,15,21H,9-14,16-17H2,1H3,(H,25,27). The number of rotatable bonds is 9. The summed E-state index contributed by atoms with van der Waals surface area (Å²) in [6.07, 6.45) is 2.56. The summed E-state index contributed by atoms with van der Waals surface area (Å²) in [5, 5.41) is 2.98. The highest BCUT2D eigenvalue weighted by atomic mass is 79.9. The Kier molecular flexibility index (Phi) is 8.52. The zero-order chi connectivity index (χ0) is 20.5. The fourth-order valence-corrected chi connectivity index (χ4v) is 3.68. The van der Waals surface area contributed by atoms with E-state index < -0.39 is 0 Å². The molecule has 2 aromatic carbocycles. The number of ether oxygens (including phenoxy) is 2. The van der Waals surface area contributed by atoms with Crippen LogP contribution in [0.15, 0.2) is 53.0 Å². The van der Waals surface area contributed by atoms with Crippen molar-refractivity contribution >= 4 is 21.8 Å². The highest BCUT2D eigenvalue weighted by molar-refractivity contribution is 9.10. The molecule has 0 atom stereocenters. The van der Waals surface area contributed by atoms with E-state index in [0.717, 1.165) is 53.9 Å². The van der Waals surface area contributed by atoms with E-state index in [2.05, 4.69) is 33.2 Å². The number of halogens is 1. The molecule has 156 valence electrons. The van der Waals surface area contributed by atoms with Gasteiger partial charge >= 0.3 is 0 Å². The number of likely N-dealkylation sites (N-methyl/N-ethyl adjacent to an activating group) is 1. The normalized spacial score (nSPS) is 14.7. The minimum atomic E-state index is 0.0109. The zero-order valence-corrected chi connectivity index (χ0v) is 18.5. The van der Waals surface area contributed by atoms with Crippen LogP contribution in [0.3, 0.4) is 0 Å². The lowest BCUT2D eigenvalue weighted by molar-refractivity contribution is -0.120. The summed E-state index contributed by atoms with van der Waals surface area (Å²) in [6.45, 7) is 3.73. The molecule has 0 aromatic heterocycles. The molecule has 0 unspecified atom stereocenters. The van der Waals surface area contributed by atoms with E-state index in [1.54, 1.807) is 0 Å². The molecular formula is C23H29BrN2O3. The molecule has 1 aliphatic rings. The Morgan fingerprint density at radius 3 is 2.69 bits per heavy atom. The van der Waals surface area contributed by atoms with Crippen LogP contribution in [-0.2, 0) is 22.5 Å². The van der Waals surface area contributed by atoms with Gasteiger partial charge in [-0.15, -0.1) is 0 Å². The monoisotopic (exact) mass is 460 g/mol. The van der Waals surface area contributed by atoms with Gasteiger partial charge in [0.05, 0.1) is 6.42 Å². The number of carbonyl (C=O) groups is 1. The first kappa shape index (κ1) is 21.8. The van der Waals surface area contributed by atoms with Gasteiger partial charge in [-0.3, -0.25) is 9.69 Å². The first-order valence-electron chi connectivity index (χ1n) is 10.1. The van der Waals surface area contributed by atoms with E-state index in [0.29, 0.717) is 25.6 Å². The summed E-state index contributed by atoms with van der Waals surface area (Å²) in [4.78, 5) is 14.5. The Hall–Kier alpha value is -1.89. The third-order valence-electron chi connectivity index (χ3n) is 5.19. The predicted octanol–water partition coefficient (Wildman–Crippen LogP) is 3.80. The van der Waals surface area contributed by atoms with Crippen molar-refractivity contribution in [1.82, 2.24) is 10.2 Å². The van der Waals surface area contributed by atoms with Gasteiger partial charge in [-0.2, -0.15) is 0 Å². The van der Waals surface area contributed by atoms with Crippen molar-refractivity contribution in [3.63, 3.8) is 0 Å². The third-order valence-corrected chi connectivity index (χ3v) is 5.72. The second-order valence-electron chi connectivity index (χ2n) is 7.40. The lowest BCUT2D eigenvalue weighted by Gasteiger charge is -2.31. The van der Waals surface area contributed by atoms with Crippen LogP contribution < -0.4 is 10.1 Å². The lowest BCUT2D eigenvalue weighted by atomic mass is 10.1. The van der Waals surface area contributed by atoms with Crippen molar-refractivity contribution in [2.45, 2.75) is 31.8 Å². The Morgan fingerprint density at radius 1 is 1.17 bits per heavy atom. The molecule has 1 heterocycles. The van der Waals surface area contributed by atoms with Crippen molar-refractivity contribution in [2.75, 3.05) is 33.4 Å². The second kappa shape index (κ2) is 11.3. The van der Waals surface area contributed by atoms with Crippen LogP contribution in [0.2, 0.25) is 0 Å². The van der Waals surface area contributed by atoms with Gasteiger partial charge in [0, 0.05) is 36.8 Å². The Balaban J connectivity index is 1.40. The molecule has 1 aliphatic heterocycles. The number of hydrogen-bond donors (Lipinski definition) is 1. The quantitative estimate of drug-likeness (QED) is 0.618. The molecule has 1 saturated heterocycles. The van der Waals surface area contributed by atoms with Crippen LogP contribution in [0.4, 0.5) is 0 Å². The molecular weight excluding hydrogens is 432 g/mol. The molecule has 0 saturated carbocycles. The van der Waals surface area contributed by atoms with E-state index in [1.165, 1.54) is 0 Å². The summed E-state index contributed by atoms with van der Waals surface area (Å²) in [6, 6.07) is 16.3. The van der Waals surface area contributed by atoms with Gasteiger partial charge in [0.2, 0.25) is 5.91 Å². The molecule has 29 heavy (non-hydrogen) atoms. The zero-order valence-electron chi connectivity index (χ0n) is 16.9. The number of carbonyl (C=O) groups excluding carboxylic acids is 1. The predicted molar refractivity (Wildman–Crippen MR) is 118 cm³/mol. The highest BCUT2D eigenvalue weighted by Crippen LogP contribution is 2.15. The largest absolute Gasteiger partial charge is 0.492 e. The van der Waals surface area contributed by atoms with E-state index in [4.69, 9.17) is 9.47 Å². The smallest absolute Gasteiger partial charge is 0.224 e. The van der Waals surface area contributed by atoms with E-state index in [9.17, 15) is 4.79 Å². The average Bonchev–Trinajstić information content (AvgIpc) is 2.75. The van der Waals surface area contributed by atoms with Crippen LogP contribution in [0.1, 0.15) is 24.0 Å². The number of nitrogens with one attached hydrogen (secondary N) is 1. The van der Waals surface area contributed by atoms with E-state index in [1.807, 2.05) is 48.5 Å². The fourth-order valence-electron chi connectivity index (χ4n) is 3.41. The second-order valence-corrected chi connectivity index (χ2v) is 8.32. The van der Waals surface area contributed by atoms with Crippen molar-refractivity contribution < 1.29 is 14.3 Å². The van der Waals surface area contributed by atoms with Crippen molar-refractivity contribution in [1.29, 1.82) is 0 Å². The van der Waals surface area contributed by atoms with Crippen LogP contribution in [-0.4, -0.2) is 50.3 Å². The van der Waals surface area contributed by atoms with E-state index >= 15 is 0 Å². The summed E-state index contributed by atoms with van der Waals surface area (Å²) >= 11 is 3.41. The van der Waals surface area contributed by atoms with Gasteiger partial charge in [0.25, 0.3) is 0 Å². The van der Waals surface area contributed by atoms with Crippen LogP contribution in [0.25, 0.3) is 0 Å². The van der Waals surface area contributed by atoms with Gasteiger partial charge < -0.3 is 14.8 Å². The molecule has 0 aliphatic carbocycles. The molecule has 5 nitrogen and oxygen atoms in total. The molecule has 2 aromatic rings. The van der Waals surface area contributed by atoms with Gasteiger partial charge in [-0.25, -0.2) is 0 Å². The molecule has 0 spiro atoms. The SMILES string of the molecule is CN(CCOc1cccc(CNC(=O)Cc2ccc(Br)cc2)c1)C1CCOCC1.